The second-order valence-electron chi connectivity index (χ2n) is 5.55. The predicted molar refractivity (Wildman–Crippen MR) is 95.2 cm³/mol. The minimum atomic E-state index is -0.195. The summed E-state index contributed by atoms with van der Waals surface area (Å²) in [6.07, 6.45) is 3.44. The molecule has 2 amide bonds. The van der Waals surface area contributed by atoms with Gasteiger partial charge in [-0.25, -0.2) is 4.79 Å². The van der Waals surface area contributed by atoms with Crippen LogP contribution in [-0.4, -0.2) is 37.1 Å². The first-order valence-electron chi connectivity index (χ1n) is 7.30. The average molecular weight is 333 g/mol. The van der Waals surface area contributed by atoms with E-state index in [1.165, 1.54) is 0 Å². The highest BCUT2D eigenvalue weighted by Crippen LogP contribution is 2.28. The molecule has 0 unspecified atom stereocenters. The van der Waals surface area contributed by atoms with Crippen molar-refractivity contribution in [3.05, 3.63) is 53.3 Å². The van der Waals surface area contributed by atoms with Crippen LogP contribution in [0.15, 0.2) is 42.7 Å². The van der Waals surface area contributed by atoms with Crippen LogP contribution in [0.25, 0.3) is 0 Å². The molecule has 1 N–H and O–H groups in total. The molecule has 122 valence electrons. The van der Waals surface area contributed by atoms with Crippen LogP contribution in [-0.2, 0) is 0 Å². The number of benzene rings is 1. The van der Waals surface area contributed by atoms with Crippen molar-refractivity contribution >= 4 is 29.0 Å². The van der Waals surface area contributed by atoms with E-state index in [0.29, 0.717) is 10.7 Å². The quantitative estimate of drug-likeness (QED) is 0.919. The number of urea groups is 1. The van der Waals surface area contributed by atoms with Gasteiger partial charge in [-0.1, -0.05) is 11.6 Å². The lowest BCUT2D eigenvalue weighted by atomic mass is 10.1. The number of pyridine rings is 1. The van der Waals surface area contributed by atoms with Crippen molar-refractivity contribution in [2.24, 2.45) is 0 Å². The maximum atomic E-state index is 12.6. The summed E-state index contributed by atoms with van der Waals surface area (Å²) in [6.45, 7) is 1.97. The Bertz CT molecular complexity index is 676. The van der Waals surface area contributed by atoms with Gasteiger partial charge in [-0.2, -0.15) is 0 Å². The summed E-state index contributed by atoms with van der Waals surface area (Å²) in [6, 6.07) is 8.97. The number of aromatic nitrogens is 1. The molecule has 2 rings (SSSR count). The highest BCUT2D eigenvalue weighted by molar-refractivity contribution is 6.31. The molecule has 0 fully saturated rings. The maximum absolute atomic E-state index is 12.6. The molecule has 0 spiro atoms. The number of halogens is 1. The van der Waals surface area contributed by atoms with Gasteiger partial charge in [0.25, 0.3) is 0 Å². The van der Waals surface area contributed by atoms with Crippen molar-refractivity contribution in [3.63, 3.8) is 0 Å². The second-order valence-corrected chi connectivity index (χ2v) is 5.99. The summed E-state index contributed by atoms with van der Waals surface area (Å²) in [5.74, 6) is 0. The normalized spacial score (nSPS) is 11.7. The Kier molecular flexibility index (Phi) is 5.45. The third kappa shape index (κ3) is 4.13. The molecule has 0 saturated carbocycles. The number of carbonyl (C=O) groups excluding carboxylic acids is 1. The first-order chi connectivity index (χ1) is 10.9. The fourth-order valence-electron chi connectivity index (χ4n) is 2.24. The highest BCUT2D eigenvalue weighted by atomic mass is 35.5. The standard InChI is InChI=1S/C17H21ClN4O/c1-12(13-7-9-19-10-8-13)22(4)17(23)20-15-11-14(18)5-6-16(15)21(2)3/h5-12H,1-4H3,(H,20,23)/t12-/m1/s1. The minimum absolute atomic E-state index is 0.0695. The lowest BCUT2D eigenvalue weighted by molar-refractivity contribution is 0.208. The second kappa shape index (κ2) is 7.33. The zero-order valence-corrected chi connectivity index (χ0v) is 14.5. The molecule has 1 atom stereocenters. The van der Waals surface area contributed by atoms with Gasteiger partial charge in [0.1, 0.15) is 0 Å². The van der Waals surface area contributed by atoms with Crippen LogP contribution in [0.1, 0.15) is 18.5 Å². The smallest absolute Gasteiger partial charge is 0.322 e. The summed E-state index contributed by atoms with van der Waals surface area (Å²) < 4.78 is 0. The fraction of sp³-hybridized carbons (Fsp3) is 0.294. The van der Waals surface area contributed by atoms with Gasteiger partial charge in [0.05, 0.1) is 17.4 Å². The molecule has 2 aromatic rings. The molecule has 0 radical (unpaired) electrons. The minimum Gasteiger partial charge on any atom is -0.376 e. The van der Waals surface area contributed by atoms with Gasteiger partial charge in [-0.15, -0.1) is 0 Å². The summed E-state index contributed by atoms with van der Waals surface area (Å²) >= 11 is 6.05. The number of nitrogens with one attached hydrogen (secondary N) is 1. The van der Waals surface area contributed by atoms with Crippen molar-refractivity contribution < 1.29 is 4.79 Å². The molecule has 0 aliphatic carbocycles. The number of carbonyl (C=O) groups is 1. The number of hydrogen-bond donors (Lipinski definition) is 1. The molecule has 1 heterocycles. The Labute approximate surface area is 141 Å². The fourth-order valence-corrected chi connectivity index (χ4v) is 2.42. The van der Waals surface area contributed by atoms with Crippen molar-refractivity contribution in [2.45, 2.75) is 13.0 Å². The van der Waals surface area contributed by atoms with E-state index in [9.17, 15) is 4.79 Å². The van der Waals surface area contributed by atoms with Gasteiger partial charge < -0.3 is 15.1 Å². The van der Waals surface area contributed by atoms with E-state index < -0.39 is 0 Å². The van der Waals surface area contributed by atoms with E-state index in [1.807, 2.05) is 44.1 Å². The average Bonchev–Trinajstić information content (AvgIpc) is 2.54. The van der Waals surface area contributed by atoms with Crippen molar-refractivity contribution in [2.75, 3.05) is 31.4 Å². The molecular formula is C17H21ClN4O. The topological polar surface area (TPSA) is 48.5 Å². The third-order valence-corrected chi connectivity index (χ3v) is 4.01. The first kappa shape index (κ1) is 17.1. The van der Waals surface area contributed by atoms with Gasteiger partial charge in [-0.3, -0.25) is 4.98 Å². The van der Waals surface area contributed by atoms with Crippen LogP contribution in [0.2, 0.25) is 5.02 Å². The van der Waals surface area contributed by atoms with Crippen molar-refractivity contribution in [3.8, 4) is 0 Å². The van der Waals surface area contributed by atoms with E-state index in [4.69, 9.17) is 11.6 Å². The highest BCUT2D eigenvalue weighted by Gasteiger charge is 2.18. The molecule has 1 aromatic carbocycles. The molecule has 5 nitrogen and oxygen atoms in total. The summed E-state index contributed by atoms with van der Waals surface area (Å²) in [5, 5.41) is 3.51. The number of rotatable bonds is 4. The van der Waals surface area contributed by atoms with Crippen LogP contribution in [0, 0.1) is 0 Å². The Morgan fingerprint density at radius 1 is 1.17 bits per heavy atom. The SMILES string of the molecule is C[C@H](c1ccncc1)N(C)C(=O)Nc1cc(Cl)ccc1N(C)C. The zero-order valence-electron chi connectivity index (χ0n) is 13.7. The Morgan fingerprint density at radius 2 is 1.83 bits per heavy atom. The van der Waals surface area contributed by atoms with Gasteiger partial charge >= 0.3 is 6.03 Å². The van der Waals surface area contributed by atoms with Crippen LogP contribution in [0.4, 0.5) is 16.2 Å². The number of anilines is 2. The summed E-state index contributed by atoms with van der Waals surface area (Å²) in [4.78, 5) is 20.1. The van der Waals surface area contributed by atoms with Gasteiger partial charge in [0.15, 0.2) is 0 Å². The Balaban J connectivity index is 2.17. The molecule has 6 heteroatoms. The zero-order chi connectivity index (χ0) is 17.0. The van der Waals surface area contributed by atoms with E-state index in [-0.39, 0.29) is 12.1 Å². The maximum Gasteiger partial charge on any atom is 0.322 e. The van der Waals surface area contributed by atoms with Crippen LogP contribution in [0.5, 0.6) is 0 Å². The van der Waals surface area contributed by atoms with Gasteiger partial charge in [0, 0.05) is 38.6 Å². The first-order valence-corrected chi connectivity index (χ1v) is 7.68. The molecule has 1 aromatic heterocycles. The summed E-state index contributed by atoms with van der Waals surface area (Å²) in [5.41, 5.74) is 2.60. The van der Waals surface area contributed by atoms with Crippen molar-refractivity contribution in [1.82, 2.24) is 9.88 Å². The number of nitrogens with zero attached hydrogens (tertiary/aromatic N) is 3. The van der Waals surface area contributed by atoms with Crippen LogP contribution in [0.3, 0.4) is 0 Å². The largest absolute Gasteiger partial charge is 0.376 e. The van der Waals surface area contributed by atoms with Gasteiger partial charge in [0.2, 0.25) is 0 Å². The lowest BCUT2D eigenvalue weighted by Gasteiger charge is -2.27. The molecule has 23 heavy (non-hydrogen) atoms. The molecule has 0 aliphatic rings. The van der Waals surface area contributed by atoms with E-state index >= 15 is 0 Å². The number of amides is 2. The molecular weight excluding hydrogens is 312 g/mol. The predicted octanol–water partition coefficient (Wildman–Crippen LogP) is 4.03. The molecule has 0 bridgehead atoms. The Morgan fingerprint density at radius 3 is 2.43 bits per heavy atom. The number of hydrogen-bond acceptors (Lipinski definition) is 3. The van der Waals surface area contributed by atoms with Crippen LogP contribution >= 0.6 is 11.6 Å². The van der Waals surface area contributed by atoms with E-state index in [1.54, 1.807) is 36.5 Å². The molecule has 0 saturated heterocycles. The third-order valence-electron chi connectivity index (χ3n) is 3.77. The Hall–Kier alpha value is -2.27. The summed E-state index contributed by atoms with van der Waals surface area (Å²) in [7, 11) is 5.60. The van der Waals surface area contributed by atoms with Crippen LogP contribution < -0.4 is 10.2 Å². The molecule has 0 aliphatic heterocycles. The van der Waals surface area contributed by atoms with Crippen molar-refractivity contribution in [1.29, 1.82) is 0 Å². The van der Waals surface area contributed by atoms with Gasteiger partial charge in [-0.05, 0) is 42.8 Å². The van der Waals surface area contributed by atoms with E-state index in [2.05, 4.69) is 10.3 Å². The lowest BCUT2D eigenvalue weighted by Crippen LogP contribution is -2.34. The van der Waals surface area contributed by atoms with E-state index in [0.717, 1.165) is 11.3 Å². The monoisotopic (exact) mass is 332 g/mol.